The molecule has 38 heavy (non-hydrogen) atoms. The first kappa shape index (κ1) is 28.6. The van der Waals surface area contributed by atoms with Crippen LogP contribution in [0, 0.1) is 0 Å². The number of carbonyl (C=O) groups is 1. The zero-order chi connectivity index (χ0) is 27.9. The van der Waals surface area contributed by atoms with E-state index in [1.807, 2.05) is 0 Å². The van der Waals surface area contributed by atoms with E-state index in [2.05, 4.69) is 10.1 Å². The van der Waals surface area contributed by atoms with Gasteiger partial charge in [0.05, 0.1) is 11.4 Å². The number of ether oxygens (including phenoxy) is 3. The van der Waals surface area contributed by atoms with Crippen LogP contribution in [0.1, 0.15) is 20.1 Å². The molecule has 0 radical (unpaired) electrons. The van der Waals surface area contributed by atoms with Gasteiger partial charge in [-0.1, -0.05) is 18.2 Å². The number of alkyl halides is 1. The van der Waals surface area contributed by atoms with Crippen LogP contribution < -0.4 is 20.9 Å². The van der Waals surface area contributed by atoms with Crippen molar-refractivity contribution in [1.29, 1.82) is 0 Å². The van der Waals surface area contributed by atoms with Crippen molar-refractivity contribution in [3.05, 3.63) is 63.4 Å². The number of hydrogen-bond acceptors (Lipinski definition) is 10. The molecule has 16 heteroatoms. The minimum absolute atomic E-state index is 0.162. The van der Waals surface area contributed by atoms with Gasteiger partial charge in [-0.2, -0.15) is 5.09 Å². The van der Waals surface area contributed by atoms with Crippen LogP contribution in [0.5, 0.6) is 5.75 Å². The molecule has 1 aliphatic heterocycles. The molecule has 2 aliphatic rings. The number of halogens is 1. The third-order valence-corrected chi connectivity index (χ3v) is 8.45. The summed E-state index contributed by atoms with van der Waals surface area (Å²) in [5.74, 6) is -0.567. The van der Waals surface area contributed by atoms with Gasteiger partial charge in [-0.25, -0.2) is 9.36 Å². The van der Waals surface area contributed by atoms with Crippen molar-refractivity contribution < 1.29 is 37.7 Å². The predicted octanol–water partition coefficient (Wildman–Crippen LogP) is -0.125. The fourth-order valence-corrected chi connectivity index (χ4v) is 6.37. The summed E-state index contributed by atoms with van der Waals surface area (Å²) in [5, 5.41) is 13.9. The molecule has 1 aromatic carbocycles. The van der Waals surface area contributed by atoms with Crippen LogP contribution >= 0.6 is 19.3 Å². The first-order valence-corrected chi connectivity index (χ1v) is 13.6. The van der Waals surface area contributed by atoms with Crippen LogP contribution in [-0.2, 0) is 28.1 Å². The predicted molar refractivity (Wildman–Crippen MR) is 137 cm³/mol. The summed E-state index contributed by atoms with van der Waals surface area (Å²) in [6.45, 7) is 3.21. The minimum atomic E-state index is -4.36. The van der Waals surface area contributed by atoms with E-state index in [0.717, 1.165) is 10.6 Å². The SMILES string of the molecule is B[C@@]1(Cl)[C@H](n2ccc(=O)[nH]c2=O)O[C@@H]2C(OP(=O)(N[C@@H](C)C(=O)OC(C)COC)Oc3ccccc3)[C@@]21O. The summed E-state index contributed by atoms with van der Waals surface area (Å²) < 4.78 is 40.7. The molecule has 1 aliphatic carbocycles. The molecule has 8 atom stereocenters. The van der Waals surface area contributed by atoms with Crippen molar-refractivity contribution in [3.63, 3.8) is 0 Å². The number of para-hydroxylation sites is 1. The Kier molecular flexibility index (Phi) is 7.97. The zero-order valence-corrected chi connectivity index (χ0v) is 22.7. The molecule has 0 bridgehead atoms. The highest BCUT2D eigenvalue weighted by Crippen LogP contribution is 2.65. The number of rotatable bonds is 11. The molecule has 0 amide bonds. The molecule has 0 spiro atoms. The lowest BCUT2D eigenvalue weighted by Gasteiger charge is -2.33. The van der Waals surface area contributed by atoms with Crippen molar-refractivity contribution in [1.82, 2.24) is 14.6 Å². The van der Waals surface area contributed by atoms with Crippen LogP contribution in [0.25, 0.3) is 0 Å². The topological polar surface area (TPSA) is 167 Å². The van der Waals surface area contributed by atoms with E-state index in [4.69, 9.17) is 34.9 Å². The van der Waals surface area contributed by atoms with E-state index in [1.165, 1.54) is 40.2 Å². The van der Waals surface area contributed by atoms with Crippen LogP contribution in [0.4, 0.5) is 0 Å². The highest BCUT2D eigenvalue weighted by Gasteiger charge is 2.83. The van der Waals surface area contributed by atoms with Crippen molar-refractivity contribution in [2.24, 2.45) is 0 Å². The van der Waals surface area contributed by atoms with Crippen molar-refractivity contribution in [3.8, 4) is 5.75 Å². The summed E-state index contributed by atoms with van der Waals surface area (Å²) in [7, 11) is -1.47. The molecule has 3 N–H and O–H groups in total. The number of benzene rings is 1. The maximum atomic E-state index is 13.9. The Hall–Kier alpha value is -2.45. The average molecular weight is 572 g/mol. The van der Waals surface area contributed by atoms with E-state index in [9.17, 15) is 24.1 Å². The number of aromatic amines is 1. The molecule has 2 aromatic rings. The Morgan fingerprint density at radius 1 is 1.32 bits per heavy atom. The number of H-pyrrole nitrogens is 1. The average Bonchev–Trinajstić information content (AvgIpc) is 3.32. The highest BCUT2D eigenvalue weighted by molar-refractivity contribution is 7.52. The number of methoxy groups -OCH3 is 1. The first-order valence-electron chi connectivity index (χ1n) is 11.7. The van der Waals surface area contributed by atoms with E-state index in [1.54, 1.807) is 25.1 Å². The van der Waals surface area contributed by atoms with Gasteiger partial charge in [0, 0.05) is 19.4 Å². The summed E-state index contributed by atoms with van der Waals surface area (Å²) in [5.41, 5.74) is -3.30. The fourth-order valence-electron chi connectivity index (χ4n) is 4.29. The summed E-state index contributed by atoms with van der Waals surface area (Å²) >= 11 is 6.70. The largest absolute Gasteiger partial charge is 0.459 e. The quantitative estimate of drug-likeness (QED) is 0.142. The normalized spacial score (nSPS) is 31.0. The molecule has 1 saturated carbocycles. The number of aliphatic hydroxyl groups is 1. The second kappa shape index (κ2) is 10.6. The van der Waals surface area contributed by atoms with Gasteiger partial charge in [0.1, 0.15) is 43.6 Å². The Balaban J connectivity index is 1.55. The Bertz CT molecular complexity index is 1340. The minimum Gasteiger partial charge on any atom is -0.459 e. The van der Waals surface area contributed by atoms with E-state index in [-0.39, 0.29) is 12.4 Å². The monoisotopic (exact) mass is 571 g/mol. The number of nitrogens with zero attached hydrogens (tertiary/aromatic N) is 1. The smallest absolute Gasteiger partial charge is 0.459 e. The number of aromatic nitrogens is 2. The molecule has 206 valence electrons. The van der Waals surface area contributed by atoms with Gasteiger partial charge < -0.3 is 23.8 Å². The summed E-state index contributed by atoms with van der Waals surface area (Å²) in [4.78, 5) is 38.4. The third kappa shape index (κ3) is 5.35. The van der Waals surface area contributed by atoms with E-state index < -0.39 is 65.9 Å². The van der Waals surface area contributed by atoms with Crippen LogP contribution in [0.15, 0.2) is 52.2 Å². The lowest BCUT2D eigenvalue weighted by molar-refractivity contribution is -0.152. The van der Waals surface area contributed by atoms with Gasteiger partial charge in [-0.3, -0.25) is 23.7 Å². The number of carbonyl (C=O) groups excluding carboxylic acids is 1. The Morgan fingerprint density at radius 3 is 2.58 bits per heavy atom. The van der Waals surface area contributed by atoms with E-state index in [0.29, 0.717) is 0 Å². The van der Waals surface area contributed by atoms with Gasteiger partial charge in [-0.05, 0) is 26.0 Å². The number of esters is 1. The van der Waals surface area contributed by atoms with Gasteiger partial charge in [-0.15, -0.1) is 11.6 Å². The zero-order valence-electron chi connectivity index (χ0n) is 21.0. The standard InChI is InChI=1S/C22H28BClN3O10P/c1-12(11-33-3)34-18(29)13(2)26-38(32,36-14-7-5-4-6-8-14)37-17-16-21(17,31)22(23,24)19(35-16)27-10-9-15(28)25-20(27)30/h4-10,12-13,16-17,19,31H,11,23H2,1-3H3,(H,26,32)(H,25,28,30)/t12?,13-,16+,17?,19+,21-,22+,38?/m0/s1. The van der Waals surface area contributed by atoms with Crippen molar-refractivity contribution in [2.45, 2.75) is 54.8 Å². The maximum absolute atomic E-state index is 13.9. The van der Waals surface area contributed by atoms with Gasteiger partial charge in [0.25, 0.3) is 5.56 Å². The summed E-state index contributed by atoms with van der Waals surface area (Å²) in [6, 6.07) is 8.05. The molecular weight excluding hydrogens is 543 g/mol. The molecule has 2 heterocycles. The van der Waals surface area contributed by atoms with Crippen molar-refractivity contribution in [2.75, 3.05) is 13.7 Å². The summed E-state index contributed by atoms with van der Waals surface area (Å²) in [6.07, 6.45) is -2.90. The lowest BCUT2D eigenvalue weighted by atomic mass is 9.78. The molecule has 4 rings (SSSR count). The third-order valence-electron chi connectivity index (χ3n) is 6.30. The Morgan fingerprint density at radius 2 is 2.00 bits per heavy atom. The number of hydrogen-bond donors (Lipinski definition) is 3. The lowest BCUT2D eigenvalue weighted by Crippen LogP contribution is -2.50. The second-order valence-electron chi connectivity index (χ2n) is 9.31. The maximum Gasteiger partial charge on any atom is 0.459 e. The molecule has 2 fully saturated rings. The van der Waals surface area contributed by atoms with Crippen LogP contribution in [-0.4, -0.2) is 76.9 Å². The Labute approximate surface area is 223 Å². The van der Waals surface area contributed by atoms with Gasteiger partial charge >= 0.3 is 19.4 Å². The van der Waals surface area contributed by atoms with Gasteiger partial charge in [0.2, 0.25) is 0 Å². The second-order valence-corrected chi connectivity index (χ2v) is 11.7. The first-order chi connectivity index (χ1) is 17.8. The molecule has 1 aromatic heterocycles. The molecule has 3 unspecified atom stereocenters. The molecular formula is C22H28BClN3O10P. The fraction of sp³-hybridized carbons (Fsp3) is 0.500. The van der Waals surface area contributed by atoms with Crippen molar-refractivity contribution >= 4 is 33.2 Å². The number of nitrogens with one attached hydrogen (secondary N) is 2. The van der Waals surface area contributed by atoms with E-state index >= 15 is 0 Å². The number of fused-ring (bicyclic) bond motifs is 1. The van der Waals surface area contributed by atoms with Crippen LogP contribution in [0.3, 0.4) is 0 Å². The molecule has 13 nitrogen and oxygen atoms in total. The van der Waals surface area contributed by atoms with Crippen LogP contribution in [0.2, 0.25) is 0 Å². The van der Waals surface area contributed by atoms with Gasteiger partial charge in [0.15, 0.2) is 6.23 Å². The highest BCUT2D eigenvalue weighted by atomic mass is 35.5. The molecule has 1 saturated heterocycles.